The van der Waals surface area contributed by atoms with Crippen molar-refractivity contribution in [1.82, 2.24) is 9.47 Å². The number of hydrogen-bond donors (Lipinski definition) is 0. The summed E-state index contributed by atoms with van der Waals surface area (Å²) >= 11 is 6.51. The number of ether oxygens (including phenoxy) is 4. The first-order valence-corrected chi connectivity index (χ1v) is 12.5. The van der Waals surface area contributed by atoms with Crippen LogP contribution in [-0.2, 0) is 30.2 Å². The zero-order valence-electron chi connectivity index (χ0n) is 23.6. The molecule has 0 bridgehead atoms. The van der Waals surface area contributed by atoms with Gasteiger partial charge in [0.1, 0.15) is 22.8 Å². The number of benzene rings is 1. The lowest BCUT2D eigenvalue weighted by Gasteiger charge is -2.32. The number of methoxy groups -OCH3 is 1. The number of amides is 2. The van der Waals surface area contributed by atoms with Crippen LogP contribution < -0.4 is 0 Å². The van der Waals surface area contributed by atoms with Crippen LogP contribution in [0.25, 0.3) is 10.9 Å². The fourth-order valence-corrected chi connectivity index (χ4v) is 3.80. The van der Waals surface area contributed by atoms with Crippen LogP contribution in [0.1, 0.15) is 67.9 Å². The summed E-state index contributed by atoms with van der Waals surface area (Å²) < 4.78 is 22.6. The van der Waals surface area contributed by atoms with Gasteiger partial charge in [-0.3, -0.25) is 4.57 Å². The standard InChI is InChI=1S/C27H37ClN2O8/c1-25(2,3)36-22(32)29-15-16(20-17(28)12-11-13-18(20)29)14-19(21(31)35-10)30(23(33)37-26(4,5)6)24(34)38-27(7,8)9/h11-13,15,19H,14H2,1-10H3/t19-/m0/s1. The minimum atomic E-state index is -1.50. The Morgan fingerprint density at radius 1 is 0.868 bits per heavy atom. The molecule has 210 valence electrons. The maximum absolute atomic E-state index is 13.2. The summed E-state index contributed by atoms with van der Waals surface area (Å²) in [5.74, 6) is -0.896. The third-order valence-electron chi connectivity index (χ3n) is 4.83. The fraction of sp³-hybridized carbons (Fsp3) is 0.556. The van der Waals surface area contributed by atoms with Gasteiger partial charge in [0, 0.05) is 18.0 Å². The van der Waals surface area contributed by atoms with Gasteiger partial charge in [0.05, 0.1) is 17.6 Å². The van der Waals surface area contributed by atoms with E-state index in [2.05, 4.69) is 0 Å². The van der Waals surface area contributed by atoms with E-state index in [1.807, 2.05) is 0 Å². The van der Waals surface area contributed by atoms with E-state index in [1.54, 1.807) is 80.5 Å². The number of rotatable bonds is 4. The molecule has 0 aliphatic carbocycles. The van der Waals surface area contributed by atoms with Gasteiger partial charge in [-0.2, -0.15) is 4.90 Å². The second kappa shape index (κ2) is 11.2. The van der Waals surface area contributed by atoms with E-state index >= 15 is 0 Å². The van der Waals surface area contributed by atoms with Crippen molar-refractivity contribution >= 4 is 46.8 Å². The van der Waals surface area contributed by atoms with Crippen LogP contribution in [0.15, 0.2) is 24.4 Å². The second-order valence-corrected chi connectivity index (χ2v) is 12.1. The van der Waals surface area contributed by atoms with E-state index in [4.69, 9.17) is 30.5 Å². The molecule has 0 saturated carbocycles. The van der Waals surface area contributed by atoms with Gasteiger partial charge in [0.25, 0.3) is 0 Å². The topological polar surface area (TPSA) is 113 Å². The first-order valence-electron chi connectivity index (χ1n) is 12.1. The molecule has 0 unspecified atom stereocenters. The molecule has 10 nitrogen and oxygen atoms in total. The Kier molecular flexibility index (Phi) is 9.14. The molecule has 0 spiro atoms. The highest BCUT2D eigenvalue weighted by molar-refractivity contribution is 6.35. The minimum absolute atomic E-state index is 0.249. The zero-order chi connectivity index (χ0) is 29.2. The smallest absolute Gasteiger partial charge is 0.420 e. The molecule has 0 aliphatic heterocycles. The molecule has 0 saturated heterocycles. The summed E-state index contributed by atoms with van der Waals surface area (Å²) in [7, 11) is 1.13. The highest BCUT2D eigenvalue weighted by atomic mass is 35.5. The van der Waals surface area contributed by atoms with Crippen LogP contribution in [0.5, 0.6) is 0 Å². The zero-order valence-corrected chi connectivity index (χ0v) is 24.4. The lowest BCUT2D eigenvalue weighted by atomic mass is 10.0. The third-order valence-corrected chi connectivity index (χ3v) is 5.14. The van der Waals surface area contributed by atoms with Gasteiger partial charge in [-0.1, -0.05) is 17.7 Å². The number of imide groups is 1. The molecule has 2 aromatic rings. The normalized spacial score (nSPS) is 13.0. The summed E-state index contributed by atoms with van der Waals surface area (Å²) in [5.41, 5.74) is -1.91. The molecule has 1 atom stereocenters. The quantitative estimate of drug-likeness (QED) is 0.319. The SMILES string of the molecule is COC(=O)[C@H](Cc1cn(C(=O)OC(C)(C)C)c2cccc(Cl)c12)N(C(=O)OC(C)(C)C)C(=O)OC(C)(C)C. The average Bonchev–Trinajstić information content (AvgIpc) is 3.08. The Hall–Kier alpha value is -3.27. The van der Waals surface area contributed by atoms with E-state index < -0.39 is 47.1 Å². The van der Waals surface area contributed by atoms with Gasteiger partial charge in [0.15, 0.2) is 0 Å². The Morgan fingerprint density at radius 2 is 1.37 bits per heavy atom. The molecular weight excluding hydrogens is 516 g/mol. The Bertz CT molecular complexity index is 1190. The van der Waals surface area contributed by atoms with E-state index in [0.717, 1.165) is 7.11 Å². The molecule has 0 fully saturated rings. The van der Waals surface area contributed by atoms with E-state index in [0.29, 0.717) is 26.4 Å². The molecule has 38 heavy (non-hydrogen) atoms. The van der Waals surface area contributed by atoms with Gasteiger partial charge >= 0.3 is 24.2 Å². The van der Waals surface area contributed by atoms with Crippen LogP contribution in [0, 0.1) is 0 Å². The number of esters is 1. The van der Waals surface area contributed by atoms with Crippen molar-refractivity contribution in [2.75, 3.05) is 7.11 Å². The molecule has 0 radical (unpaired) electrons. The number of carbonyl (C=O) groups is 4. The first kappa shape index (κ1) is 31.0. The highest BCUT2D eigenvalue weighted by Crippen LogP contribution is 2.32. The fourth-order valence-electron chi connectivity index (χ4n) is 3.51. The molecule has 1 aromatic heterocycles. The summed E-state index contributed by atoms with van der Waals surface area (Å²) in [6, 6.07) is 3.46. The minimum Gasteiger partial charge on any atom is -0.467 e. The number of hydrogen-bond acceptors (Lipinski definition) is 8. The molecule has 1 heterocycles. The van der Waals surface area contributed by atoms with E-state index in [-0.39, 0.29) is 6.42 Å². The number of carbonyl (C=O) groups excluding carboxylic acids is 4. The van der Waals surface area contributed by atoms with E-state index in [9.17, 15) is 19.2 Å². The van der Waals surface area contributed by atoms with Gasteiger partial charge in [0.2, 0.25) is 0 Å². The number of nitrogens with zero attached hydrogens (tertiary/aromatic N) is 2. The first-order chi connectivity index (χ1) is 17.2. The summed E-state index contributed by atoms with van der Waals surface area (Å²) in [5, 5.41) is 0.742. The molecular formula is C27H37ClN2O8. The van der Waals surface area contributed by atoms with Crippen LogP contribution in [0.4, 0.5) is 14.4 Å². The van der Waals surface area contributed by atoms with Crippen molar-refractivity contribution in [2.45, 2.75) is 91.6 Å². The van der Waals surface area contributed by atoms with Crippen molar-refractivity contribution in [1.29, 1.82) is 0 Å². The largest absolute Gasteiger partial charge is 0.467 e. The predicted molar refractivity (Wildman–Crippen MR) is 142 cm³/mol. The monoisotopic (exact) mass is 552 g/mol. The third kappa shape index (κ3) is 8.11. The van der Waals surface area contributed by atoms with Crippen LogP contribution in [0.3, 0.4) is 0 Å². The van der Waals surface area contributed by atoms with Gasteiger partial charge < -0.3 is 18.9 Å². The molecule has 0 N–H and O–H groups in total. The van der Waals surface area contributed by atoms with E-state index in [1.165, 1.54) is 10.8 Å². The number of halogens is 1. The molecule has 0 aliphatic rings. The molecule has 2 rings (SSSR count). The lowest BCUT2D eigenvalue weighted by Crippen LogP contribution is -2.53. The Morgan fingerprint density at radius 3 is 1.82 bits per heavy atom. The number of fused-ring (bicyclic) bond motifs is 1. The Balaban J connectivity index is 2.68. The predicted octanol–water partition coefficient (Wildman–Crippen LogP) is 6.33. The Labute approximate surface area is 228 Å². The second-order valence-electron chi connectivity index (χ2n) is 11.7. The average molecular weight is 553 g/mol. The highest BCUT2D eigenvalue weighted by Gasteiger charge is 2.41. The summed E-state index contributed by atoms with van der Waals surface area (Å²) in [6.07, 6.45) is -1.64. The van der Waals surface area contributed by atoms with Crippen LogP contribution in [-0.4, -0.2) is 63.7 Å². The van der Waals surface area contributed by atoms with Crippen molar-refractivity contribution in [3.63, 3.8) is 0 Å². The number of aromatic nitrogens is 1. The van der Waals surface area contributed by atoms with Crippen LogP contribution >= 0.6 is 11.6 Å². The van der Waals surface area contributed by atoms with Crippen molar-refractivity contribution < 1.29 is 38.1 Å². The summed E-state index contributed by atoms with van der Waals surface area (Å²) in [6.45, 7) is 14.9. The van der Waals surface area contributed by atoms with Crippen molar-refractivity contribution in [2.24, 2.45) is 0 Å². The molecule has 11 heteroatoms. The lowest BCUT2D eigenvalue weighted by molar-refractivity contribution is -0.146. The molecule has 1 aromatic carbocycles. The van der Waals surface area contributed by atoms with Gasteiger partial charge in [-0.15, -0.1) is 0 Å². The molecule has 2 amide bonds. The van der Waals surface area contributed by atoms with Crippen molar-refractivity contribution in [3.8, 4) is 0 Å². The van der Waals surface area contributed by atoms with Crippen molar-refractivity contribution in [3.05, 3.63) is 35.0 Å². The van der Waals surface area contributed by atoms with Crippen LogP contribution in [0.2, 0.25) is 5.02 Å². The summed E-state index contributed by atoms with van der Waals surface area (Å²) in [4.78, 5) is 53.1. The van der Waals surface area contributed by atoms with Gasteiger partial charge in [-0.05, 0) is 80.0 Å². The van der Waals surface area contributed by atoms with Gasteiger partial charge in [-0.25, -0.2) is 19.2 Å². The maximum atomic E-state index is 13.2. The maximum Gasteiger partial charge on any atom is 0.420 e.